The van der Waals surface area contributed by atoms with Gasteiger partial charge in [0.1, 0.15) is 0 Å². The van der Waals surface area contributed by atoms with Gasteiger partial charge in [0, 0.05) is 36.7 Å². The number of piperazine rings is 1. The van der Waals surface area contributed by atoms with E-state index in [9.17, 15) is 13.2 Å². The fraction of sp³-hybridized carbons (Fsp3) is 0.625. The van der Waals surface area contributed by atoms with Gasteiger partial charge in [-0.2, -0.15) is 13.2 Å². The Kier molecular flexibility index (Phi) is 7.84. The minimum atomic E-state index is -4.32. The first kappa shape index (κ1) is 20.7. The van der Waals surface area contributed by atoms with E-state index < -0.39 is 11.7 Å². The van der Waals surface area contributed by atoms with Crippen molar-refractivity contribution in [3.05, 3.63) is 33.8 Å². The van der Waals surface area contributed by atoms with E-state index >= 15 is 0 Å². The average molecular weight is 416 g/mol. The maximum absolute atomic E-state index is 13.1. The first-order valence-electron chi connectivity index (χ1n) is 7.60. The lowest BCUT2D eigenvalue weighted by Crippen LogP contribution is -2.45. The first-order chi connectivity index (χ1) is 10.3. The molecule has 1 heterocycles. The fourth-order valence-electron chi connectivity index (χ4n) is 2.90. The summed E-state index contributed by atoms with van der Waals surface area (Å²) >= 11 is 3.23. The lowest BCUT2D eigenvalue weighted by atomic mass is 9.94. The van der Waals surface area contributed by atoms with Gasteiger partial charge in [-0.3, -0.25) is 4.90 Å². The molecule has 0 radical (unpaired) electrons. The van der Waals surface area contributed by atoms with Gasteiger partial charge in [-0.25, -0.2) is 0 Å². The molecule has 0 spiro atoms. The van der Waals surface area contributed by atoms with Gasteiger partial charge in [0.15, 0.2) is 0 Å². The Morgan fingerprint density at radius 1 is 1.17 bits per heavy atom. The van der Waals surface area contributed by atoms with Crippen molar-refractivity contribution in [1.29, 1.82) is 0 Å². The van der Waals surface area contributed by atoms with Gasteiger partial charge in [0.25, 0.3) is 0 Å². The van der Waals surface area contributed by atoms with E-state index in [1.165, 1.54) is 6.07 Å². The Morgan fingerprint density at radius 3 is 2.30 bits per heavy atom. The SMILES string of the molecule is CC(C)C[C@@H](c1cc(Br)cc(C(F)(F)F)c1)N1CCNCC1.Cl. The zero-order chi connectivity index (χ0) is 16.3. The van der Waals surface area contributed by atoms with E-state index in [-0.39, 0.29) is 18.4 Å². The second kappa shape index (κ2) is 8.70. The quantitative estimate of drug-likeness (QED) is 0.754. The lowest BCUT2D eigenvalue weighted by molar-refractivity contribution is -0.137. The van der Waals surface area contributed by atoms with Crippen LogP contribution in [0.25, 0.3) is 0 Å². The number of rotatable bonds is 4. The molecule has 1 aliphatic rings. The van der Waals surface area contributed by atoms with Crippen molar-refractivity contribution in [1.82, 2.24) is 10.2 Å². The van der Waals surface area contributed by atoms with Crippen LogP contribution < -0.4 is 5.32 Å². The maximum atomic E-state index is 13.1. The van der Waals surface area contributed by atoms with Crippen LogP contribution >= 0.6 is 28.3 Å². The van der Waals surface area contributed by atoms with E-state index in [2.05, 4.69) is 40.0 Å². The van der Waals surface area contributed by atoms with Crippen LogP contribution in [-0.2, 0) is 6.18 Å². The van der Waals surface area contributed by atoms with Crippen LogP contribution in [0.3, 0.4) is 0 Å². The zero-order valence-corrected chi connectivity index (χ0v) is 15.7. The van der Waals surface area contributed by atoms with Crippen molar-refractivity contribution >= 4 is 28.3 Å². The van der Waals surface area contributed by atoms with Crippen molar-refractivity contribution in [3.8, 4) is 0 Å². The van der Waals surface area contributed by atoms with Crippen LogP contribution in [-0.4, -0.2) is 31.1 Å². The molecule has 0 aliphatic carbocycles. The third-order valence-corrected chi connectivity index (χ3v) is 4.38. The molecule has 1 saturated heterocycles. The summed E-state index contributed by atoms with van der Waals surface area (Å²) in [4.78, 5) is 2.29. The average Bonchev–Trinajstić information content (AvgIpc) is 2.44. The number of halogens is 5. The third-order valence-electron chi connectivity index (χ3n) is 3.92. The van der Waals surface area contributed by atoms with E-state index in [1.54, 1.807) is 0 Å². The summed E-state index contributed by atoms with van der Waals surface area (Å²) < 4.78 is 39.7. The van der Waals surface area contributed by atoms with Gasteiger partial charge in [-0.1, -0.05) is 29.8 Å². The van der Waals surface area contributed by atoms with E-state index in [4.69, 9.17) is 0 Å². The third kappa shape index (κ3) is 5.93. The molecule has 0 unspecified atom stereocenters. The Morgan fingerprint density at radius 2 is 1.78 bits per heavy atom. The molecular weight excluding hydrogens is 393 g/mol. The van der Waals surface area contributed by atoms with Crippen molar-refractivity contribution in [2.45, 2.75) is 32.5 Å². The Labute approximate surface area is 150 Å². The summed E-state index contributed by atoms with van der Waals surface area (Å²) in [6, 6.07) is 4.30. The monoisotopic (exact) mass is 414 g/mol. The molecule has 7 heteroatoms. The van der Waals surface area contributed by atoms with Crippen molar-refractivity contribution in [2.75, 3.05) is 26.2 Å². The molecule has 1 atom stereocenters. The first-order valence-corrected chi connectivity index (χ1v) is 8.39. The molecule has 0 aromatic heterocycles. The van der Waals surface area contributed by atoms with E-state index in [1.807, 2.05) is 6.07 Å². The van der Waals surface area contributed by atoms with Crippen LogP contribution in [0.5, 0.6) is 0 Å². The Balaban J connectivity index is 0.00000264. The molecule has 2 rings (SSSR count). The summed E-state index contributed by atoms with van der Waals surface area (Å²) in [5.41, 5.74) is 0.165. The summed E-state index contributed by atoms with van der Waals surface area (Å²) in [6.07, 6.45) is -3.46. The molecule has 1 aromatic carbocycles. The van der Waals surface area contributed by atoms with Gasteiger partial charge >= 0.3 is 6.18 Å². The van der Waals surface area contributed by atoms with Crippen molar-refractivity contribution < 1.29 is 13.2 Å². The number of hydrogen-bond donors (Lipinski definition) is 1. The predicted molar refractivity (Wildman–Crippen MR) is 93.0 cm³/mol. The second-order valence-electron chi connectivity index (χ2n) is 6.20. The smallest absolute Gasteiger partial charge is 0.314 e. The fourth-order valence-corrected chi connectivity index (χ4v) is 3.42. The predicted octanol–water partition coefficient (Wildman–Crippen LogP) is 4.88. The number of benzene rings is 1. The molecule has 23 heavy (non-hydrogen) atoms. The summed E-state index contributed by atoms with van der Waals surface area (Å²) in [5.74, 6) is 0.424. The molecule has 0 saturated carbocycles. The normalized spacial score (nSPS) is 17.9. The maximum Gasteiger partial charge on any atom is 0.416 e. The highest BCUT2D eigenvalue weighted by atomic mass is 79.9. The molecule has 1 aliphatic heterocycles. The van der Waals surface area contributed by atoms with Crippen LogP contribution in [0.15, 0.2) is 22.7 Å². The molecule has 132 valence electrons. The highest BCUT2D eigenvalue weighted by Gasteiger charge is 2.32. The molecule has 1 aromatic rings. The van der Waals surface area contributed by atoms with Crippen LogP contribution in [0, 0.1) is 5.92 Å². The van der Waals surface area contributed by atoms with Crippen molar-refractivity contribution in [2.24, 2.45) is 5.92 Å². The highest BCUT2D eigenvalue weighted by Crippen LogP contribution is 2.36. The van der Waals surface area contributed by atoms with Crippen molar-refractivity contribution in [3.63, 3.8) is 0 Å². The number of nitrogens with one attached hydrogen (secondary N) is 1. The van der Waals surface area contributed by atoms with Gasteiger partial charge in [-0.05, 0) is 36.1 Å². The molecular formula is C16H23BrClF3N2. The van der Waals surface area contributed by atoms with Crippen LogP contribution in [0.4, 0.5) is 13.2 Å². The van der Waals surface area contributed by atoms with Gasteiger partial charge < -0.3 is 5.32 Å². The minimum Gasteiger partial charge on any atom is -0.314 e. The molecule has 2 nitrogen and oxygen atoms in total. The standard InChI is InChI=1S/C16H22BrF3N2.ClH/c1-11(2)7-15(22-5-3-21-4-6-22)12-8-13(16(18,19)20)10-14(17)9-12;/h8-11,15,21H,3-7H2,1-2H3;1H/t15-;/m0./s1. The minimum absolute atomic E-state index is 0. The lowest BCUT2D eigenvalue weighted by Gasteiger charge is -2.36. The Hall–Kier alpha value is -0.300. The number of hydrogen-bond acceptors (Lipinski definition) is 2. The second-order valence-corrected chi connectivity index (χ2v) is 7.12. The van der Waals surface area contributed by atoms with Gasteiger partial charge in [0.05, 0.1) is 5.56 Å². The van der Waals surface area contributed by atoms with Crippen LogP contribution in [0.1, 0.15) is 37.4 Å². The summed E-state index contributed by atoms with van der Waals surface area (Å²) in [7, 11) is 0. The van der Waals surface area contributed by atoms with E-state index in [0.717, 1.165) is 44.2 Å². The highest BCUT2D eigenvalue weighted by molar-refractivity contribution is 9.10. The Bertz CT molecular complexity index is 503. The zero-order valence-electron chi connectivity index (χ0n) is 13.3. The molecule has 1 N–H and O–H groups in total. The summed E-state index contributed by atoms with van der Waals surface area (Å²) in [6.45, 7) is 7.72. The van der Waals surface area contributed by atoms with Gasteiger partial charge in [0.2, 0.25) is 0 Å². The molecule has 0 amide bonds. The number of nitrogens with zero attached hydrogens (tertiary/aromatic N) is 1. The molecule has 1 fully saturated rings. The topological polar surface area (TPSA) is 15.3 Å². The molecule has 0 bridgehead atoms. The van der Waals surface area contributed by atoms with Gasteiger partial charge in [-0.15, -0.1) is 12.4 Å². The largest absolute Gasteiger partial charge is 0.416 e. The van der Waals surface area contributed by atoms with Crippen LogP contribution in [0.2, 0.25) is 0 Å². The van der Waals surface area contributed by atoms with E-state index in [0.29, 0.717) is 10.4 Å². The number of alkyl halides is 3. The summed E-state index contributed by atoms with van der Waals surface area (Å²) in [5, 5.41) is 3.29.